The smallest absolute Gasteiger partial charge is 0.251 e. The van der Waals surface area contributed by atoms with Crippen molar-refractivity contribution >= 4 is 28.5 Å². The molecule has 1 heterocycles. The molecule has 3 aromatic carbocycles. The quantitative estimate of drug-likeness (QED) is 0.331. The second-order valence-corrected chi connectivity index (χ2v) is 7.94. The summed E-state index contributed by atoms with van der Waals surface area (Å²) in [5, 5.41) is 3.59. The average molecular weight is 464 g/mol. The molecule has 0 radical (unpaired) electrons. The van der Waals surface area contributed by atoms with Crippen LogP contribution in [0.3, 0.4) is 0 Å². The maximum Gasteiger partial charge on any atom is 0.251 e. The Kier molecular flexibility index (Phi) is 7.47. The summed E-state index contributed by atoms with van der Waals surface area (Å²) in [6.07, 6.45) is 1.43. The largest absolute Gasteiger partial charge is 0.497 e. The first-order chi connectivity index (χ1) is 16.2. The molecular weight excluding hydrogens is 438 g/mol. The number of halogens is 1. The van der Waals surface area contributed by atoms with Crippen molar-refractivity contribution in [3.05, 3.63) is 89.2 Å². The van der Waals surface area contributed by atoms with E-state index in [1.807, 2.05) is 42.5 Å². The van der Waals surface area contributed by atoms with E-state index in [9.17, 15) is 4.79 Å². The Bertz CT molecular complexity index is 1220. The first-order valence-corrected chi connectivity index (χ1v) is 11.3. The fourth-order valence-corrected chi connectivity index (χ4v) is 3.85. The normalized spacial score (nSPS) is 10.8. The Morgan fingerprint density at radius 2 is 1.79 bits per heavy atom. The van der Waals surface area contributed by atoms with Crippen molar-refractivity contribution in [1.29, 1.82) is 0 Å². The number of rotatable bonds is 10. The number of para-hydroxylation sites is 3. The standard InChI is InChI=1S/C26H26ClN3O3/c1-32-20-13-11-19(12-14-20)26(31)28-16-15-25-29-22-8-3-4-9-23(22)30(25)17-6-18-33-24-10-5-2-7-21(24)27/h2-5,7-14H,6,15-18H2,1H3,(H,28,31). The van der Waals surface area contributed by atoms with Crippen LogP contribution in [0.15, 0.2) is 72.8 Å². The van der Waals surface area contributed by atoms with E-state index in [1.165, 1.54) is 0 Å². The molecule has 0 spiro atoms. The molecule has 6 nitrogen and oxygen atoms in total. The van der Waals surface area contributed by atoms with E-state index < -0.39 is 0 Å². The molecule has 0 bridgehead atoms. The SMILES string of the molecule is COc1ccc(C(=O)NCCc2nc3ccccc3n2CCCOc2ccccc2Cl)cc1. The Hall–Kier alpha value is -3.51. The van der Waals surface area contributed by atoms with Gasteiger partial charge in [0, 0.05) is 25.1 Å². The number of fused-ring (bicyclic) bond motifs is 1. The van der Waals surface area contributed by atoms with Crippen molar-refractivity contribution < 1.29 is 14.3 Å². The van der Waals surface area contributed by atoms with Crippen LogP contribution in [0.5, 0.6) is 11.5 Å². The molecule has 0 fully saturated rings. The van der Waals surface area contributed by atoms with E-state index in [1.54, 1.807) is 31.4 Å². The van der Waals surface area contributed by atoms with Crippen LogP contribution in [0.4, 0.5) is 0 Å². The first kappa shape index (κ1) is 22.7. The number of nitrogens with zero attached hydrogens (tertiary/aromatic N) is 2. The predicted octanol–water partition coefficient (Wildman–Crippen LogP) is 5.14. The average Bonchev–Trinajstić information content (AvgIpc) is 3.20. The number of ether oxygens (including phenoxy) is 2. The third-order valence-electron chi connectivity index (χ3n) is 5.34. The van der Waals surface area contributed by atoms with Gasteiger partial charge in [-0.1, -0.05) is 35.9 Å². The molecule has 4 aromatic rings. The van der Waals surface area contributed by atoms with Gasteiger partial charge < -0.3 is 19.4 Å². The number of imidazole rings is 1. The van der Waals surface area contributed by atoms with E-state index in [0.717, 1.165) is 35.6 Å². The molecule has 4 rings (SSSR count). The summed E-state index contributed by atoms with van der Waals surface area (Å²) in [6.45, 7) is 1.79. The summed E-state index contributed by atoms with van der Waals surface area (Å²) < 4.78 is 13.2. The van der Waals surface area contributed by atoms with E-state index in [2.05, 4.69) is 16.0 Å². The highest BCUT2D eigenvalue weighted by atomic mass is 35.5. The van der Waals surface area contributed by atoms with Gasteiger partial charge in [0.15, 0.2) is 0 Å². The molecular formula is C26H26ClN3O3. The van der Waals surface area contributed by atoms with E-state index in [4.69, 9.17) is 26.1 Å². The summed E-state index contributed by atoms with van der Waals surface area (Å²) in [7, 11) is 1.60. The van der Waals surface area contributed by atoms with Crippen LogP contribution >= 0.6 is 11.6 Å². The lowest BCUT2D eigenvalue weighted by atomic mass is 10.2. The molecule has 0 atom stereocenters. The van der Waals surface area contributed by atoms with Gasteiger partial charge >= 0.3 is 0 Å². The van der Waals surface area contributed by atoms with Gasteiger partial charge in [0.2, 0.25) is 0 Å². The number of aryl methyl sites for hydroxylation is 1. The lowest BCUT2D eigenvalue weighted by Crippen LogP contribution is -2.26. The highest BCUT2D eigenvalue weighted by Crippen LogP contribution is 2.23. The number of benzene rings is 3. The summed E-state index contributed by atoms with van der Waals surface area (Å²) in [5.41, 5.74) is 2.62. The molecule has 1 amide bonds. The first-order valence-electron chi connectivity index (χ1n) is 10.9. The molecule has 0 aliphatic heterocycles. The van der Waals surface area contributed by atoms with Gasteiger partial charge in [-0.2, -0.15) is 0 Å². The van der Waals surface area contributed by atoms with E-state index >= 15 is 0 Å². The zero-order chi connectivity index (χ0) is 23.0. The number of nitrogens with one attached hydrogen (secondary N) is 1. The number of methoxy groups -OCH3 is 1. The fraction of sp³-hybridized carbons (Fsp3) is 0.231. The van der Waals surface area contributed by atoms with Gasteiger partial charge in [-0.05, 0) is 55.0 Å². The minimum atomic E-state index is -0.117. The van der Waals surface area contributed by atoms with Crippen molar-refractivity contribution in [2.45, 2.75) is 19.4 Å². The number of hydrogen-bond donors (Lipinski definition) is 1. The second-order valence-electron chi connectivity index (χ2n) is 7.54. The Balaban J connectivity index is 1.37. The van der Waals surface area contributed by atoms with Gasteiger partial charge in [-0.15, -0.1) is 0 Å². The number of carbonyl (C=O) groups is 1. The molecule has 1 aromatic heterocycles. The summed E-state index contributed by atoms with van der Waals surface area (Å²) in [6, 6.07) is 22.6. The monoisotopic (exact) mass is 463 g/mol. The maximum absolute atomic E-state index is 12.5. The summed E-state index contributed by atoms with van der Waals surface area (Å²) >= 11 is 6.17. The maximum atomic E-state index is 12.5. The molecule has 0 saturated carbocycles. The van der Waals surface area contributed by atoms with E-state index in [0.29, 0.717) is 35.9 Å². The van der Waals surface area contributed by atoms with Crippen LogP contribution < -0.4 is 14.8 Å². The third-order valence-corrected chi connectivity index (χ3v) is 5.65. The predicted molar refractivity (Wildman–Crippen MR) is 130 cm³/mol. The Morgan fingerprint density at radius 1 is 1.03 bits per heavy atom. The van der Waals surface area contributed by atoms with Crippen LogP contribution in [0.25, 0.3) is 11.0 Å². The van der Waals surface area contributed by atoms with Crippen LogP contribution in [0.1, 0.15) is 22.6 Å². The number of hydrogen-bond acceptors (Lipinski definition) is 4. The molecule has 7 heteroatoms. The van der Waals surface area contributed by atoms with Crippen LogP contribution in [0.2, 0.25) is 5.02 Å². The molecule has 170 valence electrons. The van der Waals surface area contributed by atoms with Crippen molar-refractivity contribution in [1.82, 2.24) is 14.9 Å². The van der Waals surface area contributed by atoms with Crippen molar-refractivity contribution in [2.75, 3.05) is 20.3 Å². The van der Waals surface area contributed by atoms with Gasteiger partial charge in [-0.3, -0.25) is 4.79 Å². The zero-order valence-corrected chi connectivity index (χ0v) is 19.2. The van der Waals surface area contributed by atoms with E-state index in [-0.39, 0.29) is 5.91 Å². The van der Waals surface area contributed by atoms with Crippen molar-refractivity contribution in [3.8, 4) is 11.5 Å². The molecule has 0 saturated heterocycles. The van der Waals surface area contributed by atoms with Gasteiger partial charge in [0.25, 0.3) is 5.91 Å². The third kappa shape index (κ3) is 5.65. The van der Waals surface area contributed by atoms with Gasteiger partial charge in [0.1, 0.15) is 17.3 Å². The van der Waals surface area contributed by atoms with Crippen LogP contribution in [-0.4, -0.2) is 35.7 Å². The number of amides is 1. The molecule has 0 unspecified atom stereocenters. The second kappa shape index (κ2) is 10.9. The van der Waals surface area contributed by atoms with Crippen molar-refractivity contribution in [3.63, 3.8) is 0 Å². The Labute approximate surface area is 198 Å². The minimum absolute atomic E-state index is 0.117. The van der Waals surface area contributed by atoms with Crippen molar-refractivity contribution in [2.24, 2.45) is 0 Å². The number of aromatic nitrogens is 2. The molecule has 0 aliphatic rings. The van der Waals surface area contributed by atoms with Gasteiger partial charge in [0.05, 0.1) is 29.8 Å². The summed E-state index contributed by atoms with van der Waals surface area (Å²) in [5.74, 6) is 2.23. The number of carbonyl (C=O) groups excluding carboxylic acids is 1. The lowest BCUT2D eigenvalue weighted by Gasteiger charge is -2.11. The van der Waals surface area contributed by atoms with Crippen LogP contribution in [0, 0.1) is 0 Å². The minimum Gasteiger partial charge on any atom is -0.497 e. The zero-order valence-electron chi connectivity index (χ0n) is 18.5. The summed E-state index contributed by atoms with van der Waals surface area (Å²) in [4.78, 5) is 17.2. The molecule has 0 aliphatic carbocycles. The fourth-order valence-electron chi connectivity index (χ4n) is 3.66. The lowest BCUT2D eigenvalue weighted by molar-refractivity contribution is 0.0954. The van der Waals surface area contributed by atoms with Crippen LogP contribution in [-0.2, 0) is 13.0 Å². The molecule has 33 heavy (non-hydrogen) atoms. The Morgan fingerprint density at radius 3 is 2.58 bits per heavy atom. The topological polar surface area (TPSA) is 65.4 Å². The molecule has 1 N–H and O–H groups in total. The highest BCUT2D eigenvalue weighted by Gasteiger charge is 2.12. The highest BCUT2D eigenvalue weighted by molar-refractivity contribution is 6.32. The van der Waals surface area contributed by atoms with Gasteiger partial charge in [-0.25, -0.2) is 4.98 Å².